The highest BCUT2D eigenvalue weighted by Gasteiger charge is 2.66. The summed E-state index contributed by atoms with van der Waals surface area (Å²) in [6.45, 7) is 5.81. The van der Waals surface area contributed by atoms with Crippen LogP contribution in [-0.2, 0) is 0 Å². The second-order valence-electron chi connectivity index (χ2n) is 6.64. The van der Waals surface area contributed by atoms with Gasteiger partial charge in [-0.15, -0.1) is 6.58 Å². The van der Waals surface area contributed by atoms with Crippen molar-refractivity contribution < 1.29 is 18.6 Å². The highest BCUT2D eigenvalue weighted by atomic mass is 19.3. The molecule has 0 saturated heterocycles. The van der Waals surface area contributed by atoms with Crippen molar-refractivity contribution in [1.29, 1.82) is 0 Å². The lowest BCUT2D eigenvalue weighted by molar-refractivity contribution is -0.220. The summed E-state index contributed by atoms with van der Waals surface area (Å²) in [5.41, 5.74) is -1.53. The minimum atomic E-state index is -3.61. The lowest BCUT2D eigenvalue weighted by Crippen LogP contribution is -2.64. The number of hydrogen-bond donors (Lipinski definition) is 1. The third-order valence-corrected chi connectivity index (χ3v) is 4.88. The lowest BCUT2D eigenvalue weighted by Gasteiger charge is -2.44. The van der Waals surface area contributed by atoms with Crippen LogP contribution in [0.5, 0.6) is 5.75 Å². The van der Waals surface area contributed by atoms with Gasteiger partial charge in [0.15, 0.2) is 6.10 Å². The Morgan fingerprint density at radius 1 is 1.30 bits per heavy atom. The van der Waals surface area contributed by atoms with Crippen molar-refractivity contribution in [2.24, 2.45) is 0 Å². The molecule has 0 saturated carbocycles. The predicted molar refractivity (Wildman–Crippen MR) is 101 cm³/mol. The van der Waals surface area contributed by atoms with Crippen LogP contribution >= 0.6 is 0 Å². The van der Waals surface area contributed by atoms with Crippen LogP contribution in [0.1, 0.15) is 38.0 Å². The first-order chi connectivity index (χ1) is 13.0. The first kappa shape index (κ1) is 19.3. The largest absolute Gasteiger partial charge is 0.459 e. The monoisotopic (exact) mass is 374 g/mol. The number of halogens is 2. The molecule has 1 aromatic carbocycles. The van der Waals surface area contributed by atoms with Crippen molar-refractivity contribution >= 4 is 5.69 Å². The van der Waals surface area contributed by atoms with Crippen LogP contribution in [0, 0.1) is 0 Å². The number of ether oxygens (including phenoxy) is 1. The van der Waals surface area contributed by atoms with E-state index in [4.69, 9.17) is 4.74 Å². The fourth-order valence-corrected chi connectivity index (χ4v) is 3.53. The van der Waals surface area contributed by atoms with Gasteiger partial charge in [-0.3, -0.25) is 4.98 Å². The topological polar surface area (TPSA) is 45.6 Å². The molecule has 2 heterocycles. The molecular weight excluding hydrogens is 350 g/mol. The van der Waals surface area contributed by atoms with E-state index in [1.165, 1.54) is 17.2 Å². The second-order valence-corrected chi connectivity index (χ2v) is 6.64. The minimum absolute atomic E-state index is 0.0584. The van der Waals surface area contributed by atoms with Gasteiger partial charge in [0.1, 0.15) is 5.75 Å². The molecule has 0 aliphatic carbocycles. The van der Waals surface area contributed by atoms with Crippen molar-refractivity contribution in [2.45, 2.75) is 43.9 Å². The summed E-state index contributed by atoms with van der Waals surface area (Å²) < 4.78 is 37.6. The molecule has 0 radical (unpaired) electrons. The summed E-state index contributed by atoms with van der Waals surface area (Å²) in [7, 11) is 0. The summed E-state index contributed by atoms with van der Waals surface area (Å²) >= 11 is 0. The zero-order chi connectivity index (χ0) is 19.5. The third kappa shape index (κ3) is 3.18. The van der Waals surface area contributed by atoms with Crippen LogP contribution in [0.25, 0.3) is 0 Å². The van der Waals surface area contributed by atoms with Crippen molar-refractivity contribution in [1.82, 2.24) is 4.98 Å². The molecule has 1 N–H and O–H groups in total. The van der Waals surface area contributed by atoms with Crippen molar-refractivity contribution in [3.63, 3.8) is 0 Å². The number of aliphatic hydroxyl groups excluding tert-OH is 1. The Bertz CT molecular complexity index is 785. The zero-order valence-electron chi connectivity index (χ0n) is 15.3. The fourth-order valence-electron chi connectivity index (χ4n) is 3.53. The first-order valence-electron chi connectivity index (χ1n) is 9.11. The van der Waals surface area contributed by atoms with E-state index in [1.807, 2.05) is 6.92 Å². The van der Waals surface area contributed by atoms with E-state index in [1.54, 1.807) is 42.5 Å². The Morgan fingerprint density at radius 2 is 2.04 bits per heavy atom. The zero-order valence-corrected chi connectivity index (χ0v) is 15.3. The van der Waals surface area contributed by atoms with Crippen LogP contribution in [0.2, 0.25) is 0 Å². The third-order valence-electron chi connectivity index (χ3n) is 4.88. The standard InChI is InChI=1S/C21H24F2N2O2/c1-3-5-13-20(21(22,23)19(26)16-10-8-9-14-24-16)25(15-4-2)17-11-6-7-12-18(17)27-20/h4,6-12,14,19,26H,2-3,5,13,15H2,1H3. The van der Waals surface area contributed by atoms with E-state index < -0.39 is 17.8 Å². The van der Waals surface area contributed by atoms with E-state index in [0.717, 1.165) is 6.42 Å². The Labute approximate surface area is 158 Å². The number of anilines is 1. The molecule has 6 heteroatoms. The van der Waals surface area contributed by atoms with E-state index in [2.05, 4.69) is 11.6 Å². The average Bonchev–Trinajstić information content (AvgIpc) is 3.02. The molecule has 2 unspecified atom stereocenters. The molecule has 1 aliphatic heterocycles. The Balaban J connectivity index is 2.10. The van der Waals surface area contributed by atoms with Crippen molar-refractivity contribution in [2.75, 3.05) is 11.4 Å². The molecule has 1 aliphatic rings. The molecule has 27 heavy (non-hydrogen) atoms. The number of hydrogen-bond acceptors (Lipinski definition) is 4. The van der Waals surface area contributed by atoms with E-state index in [0.29, 0.717) is 17.9 Å². The van der Waals surface area contributed by atoms with Gasteiger partial charge >= 0.3 is 5.92 Å². The van der Waals surface area contributed by atoms with Crippen LogP contribution < -0.4 is 9.64 Å². The van der Waals surface area contributed by atoms with Gasteiger partial charge in [-0.1, -0.05) is 37.6 Å². The Hall–Kier alpha value is -2.47. The van der Waals surface area contributed by atoms with Gasteiger partial charge in [-0.05, 0) is 30.7 Å². The summed E-state index contributed by atoms with van der Waals surface area (Å²) in [4.78, 5) is 5.43. The number of rotatable bonds is 8. The molecule has 1 aromatic heterocycles. The quantitative estimate of drug-likeness (QED) is 0.679. The predicted octanol–water partition coefficient (Wildman–Crippen LogP) is 4.72. The molecule has 0 spiro atoms. The summed E-state index contributed by atoms with van der Waals surface area (Å²) in [6.07, 6.45) is 2.15. The molecule has 2 aromatic rings. The van der Waals surface area contributed by atoms with Crippen LogP contribution in [0.15, 0.2) is 61.3 Å². The van der Waals surface area contributed by atoms with Gasteiger partial charge in [0.2, 0.25) is 5.72 Å². The van der Waals surface area contributed by atoms with Crippen LogP contribution in [0.4, 0.5) is 14.5 Å². The van der Waals surface area contributed by atoms with Gasteiger partial charge < -0.3 is 14.7 Å². The summed E-state index contributed by atoms with van der Waals surface area (Å²) in [5, 5.41) is 10.6. The number of para-hydroxylation sites is 2. The number of aliphatic hydroxyl groups is 1. The smallest absolute Gasteiger partial charge is 0.336 e. The molecule has 3 rings (SSSR count). The average molecular weight is 374 g/mol. The molecule has 2 atom stereocenters. The molecule has 0 fully saturated rings. The fraction of sp³-hybridized carbons (Fsp3) is 0.381. The number of fused-ring (bicyclic) bond motifs is 1. The minimum Gasteiger partial charge on any atom is -0.459 e. The number of unbranched alkanes of at least 4 members (excludes halogenated alkanes) is 1. The first-order valence-corrected chi connectivity index (χ1v) is 9.11. The number of aromatic nitrogens is 1. The highest BCUT2D eigenvalue weighted by Crippen LogP contribution is 2.54. The number of alkyl halides is 2. The van der Waals surface area contributed by atoms with E-state index in [9.17, 15) is 5.11 Å². The summed E-state index contributed by atoms with van der Waals surface area (Å²) in [5.74, 6) is -3.23. The van der Waals surface area contributed by atoms with Crippen LogP contribution in [0.3, 0.4) is 0 Å². The van der Waals surface area contributed by atoms with Crippen molar-refractivity contribution in [3.8, 4) is 5.75 Å². The lowest BCUT2D eigenvalue weighted by atomic mass is 9.91. The molecular formula is C21H24F2N2O2. The number of pyridine rings is 1. The van der Waals surface area contributed by atoms with Gasteiger partial charge in [0.05, 0.1) is 11.4 Å². The number of nitrogens with zero attached hydrogens (tertiary/aromatic N) is 2. The molecule has 0 amide bonds. The van der Waals surface area contributed by atoms with E-state index in [-0.39, 0.29) is 18.7 Å². The highest BCUT2D eigenvalue weighted by molar-refractivity contribution is 5.65. The number of benzene rings is 1. The molecule has 144 valence electrons. The van der Waals surface area contributed by atoms with Crippen molar-refractivity contribution in [3.05, 3.63) is 67.0 Å². The maximum absolute atomic E-state index is 15.8. The maximum atomic E-state index is 15.8. The Kier molecular flexibility index (Phi) is 5.46. The van der Waals surface area contributed by atoms with Gasteiger partial charge in [-0.25, -0.2) is 0 Å². The molecule has 0 bridgehead atoms. The van der Waals surface area contributed by atoms with Gasteiger partial charge in [0, 0.05) is 19.2 Å². The SMILES string of the molecule is C=CCN1c2ccccc2OC1(CCCC)C(F)(F)C(O)c1ccccn1. The second kappa shape index (κ2) is 7.64. The Morgan fingerprint density at radius 3 is 2.70 bits per heavy atom. The van der Waals surface area contributed by atoms with E-state index >= 15 is 8.78 Å². The summed E-state index contributed by atoms with van der Waals surface area (Å²) in [6, 6.07) is 11.5. The van der Waals surface area contributed by atoms with Gasteiger partial charge in [-0.2, -0.15) is 8.78 Å². The maximum Gasteiger partial charge on any atom is 0.336 e. The van der Waals surface area contributed by atoms with Gasteiger partial charge in [0.25, 0.3) is 0 Å². The molecule has 4 nitrogen and oxygen atoms in total. The normalized spacial score (nSPS) is 20.1. The van der Waals surface area contributed by atoms with Crippen LogP contribution in [-0.4, -0.2) is 28.3 Å².